The summed E-state index contributed by atoms with van der Waals surface area (Å²) in [4.78, 5) is 34.3. The molecular formula is C24H34N4O4. The molecule has 4 rings (SSSR count). The molecule has 0 unspecified atom stereocenters. The van der Waals surface area contributed by atoms with Gasteiger partial charge in [0.2, 0.25) is 5.91 Å². The number of rotatable bonds is 4. The topological polar surface area (TPSA) is 89.1 Å². The fraction of sp³-hybridized carbons (Fsp3) is 0.583. The number of ether oxygens (including phenoxy) is 1. The molecule has 1 aromatic carbocycles. The van der Waals surface area contributed by atoms with E-state index >= 15 is 0 Å². The number of likely N-dealkylation sites (tertiary alicyclic amines) is 1. The molecule has 2 atom stereocenters. The van der Waals surface area contributed by atoms with E-state index in [1.807, 2.05) is 41.8 Å². The summed E-state index contributed by atoms with van der Waals surface area (Å²) in [7, 11) is 0. The van der Waals surface area contributed by atoms with E-state index in [9.17, 15) is 14.7 Å². The zero-order valence-corrected chi connectivity index (χ0v) is 19.3. The van der Waals surface area contributed by atoms with Crippen molar-refractivity contribution in [3.8, 4) is 5.75 Å². The third kappa shape index (κ3) is 4.47. The summed E-state index contributed by atoms with van der Waals surface area (Å²) in [6, 6.07) is 5.85. The van der Waals surface area contributed by atoms with Gasteiger partial charge in [-0.05, 0) is 50.5 Å². The number of nitrogens with one attached hydrogen (secondary N) is 1. The summed E-state index contributed by atoms with van der Waals surface area (Å²) in [5, 5.41) is 11.8. The summed E-state index contributed by atoms with van der Waals surface area (Å²) in [5.41, 5.74) is 2.45. The molecule has 2 N–H and O–H groups in total. The Morgan fingerprint density at radius 2 is 1.81 bits per heavy atom. The van der Waals surface area contributed by atoms with Crippen LogP contribution in [0.2, 0.25) is 0 Å². The van der Waals surface area contributed by atoms with Crippen molar-refractivity contribution in [2.24, 2.45) is 0 Å². The van der Waals surface area contributed by atoms with E-state index in [1.165, 1.54) is 0 Å². The Bertz CT molecular complexity index is 980. The summed E-state index contributed by atoms with van der Waals surface area (Å²) in [6.07, 6.45) is 0.798. The Balaban J connectivity index is 1.45. The van der Waals surface area contributed by atoms with Gasteiger partial charge >= 0.3 is 0 Å². The largest absolute Gasteiger partial charge is 0.494 e. The second kappa shape index (κ2) is 9.50. The van der Waals surface area contributed by atoms with Gasteiger partial charge in [-0.25, -0.2) is 0 Å². The van der Waals surface area contributed by atoms with Gasteiger partial charge in [0, 0.05) is 63.1 Å². The molecule has 0 bridgehead atoms. The molecule has 0 radical (unpaired) electrons. The molecule has 2 aliphatic rings. The normalized spacial score (nSPS) is 22.8. The molecule has 8 nitrogen and oxygen atoms in total. The van der Waals surface area contributed by atoms with E-state index in [4.69, 9.17) is 4.74 Å². The van der Waals surface area contributed by atoms with Gasteiger partial charge < -0.3 is 24.6 Å². The maximum absolute atomic E-state index is 13.4. The molecule has 32 heavy (non-hydrogen) atoms. The van der Waals surface area contributed by atoms with Crippen molar-refractivity contribution in [3.05, 3.63) is 29.5 Å². The third-order valence-corrected chi connectivity index (χ3v) is 6.90. The second-order valence-corrected chi connectivity index (χ2v) is 8.81. The van der Waals surface area contributed by atoms with Crippen molar-refractivity contribution in [2.45, 2.75) is 45.8 Å². The van der Waals surface area contributed by atoms with Crippen molar-refractivity contribution < 1.29 is 19.4 Å². The SMILES string of the molecule is CCOc1ccc2[nH]c(C(=O)N3CC[C@H](O)[C@@H](N4CCN(C(C)=O)CC4)CC3)c(C)c2c1. The number of carbonyl (C=O) groups excluding carboxylic acids is 2. The lowest BCUT2D eigenvalue weighted by Gasteiger charge is -2.40. The van der Waals surface area contributed by atoms with Crippen molar-refractivity contribution in [1.29, 1.82) is 0 Å². The van der Waals surface area contributed by atoms with Gasteiger partial charge in [0.25, 0.3) is 5.91 Å². The number of aromatic amines is 1. The highest BCUT2D eigenvalue weighted by Gasteiger charge is 2.34. The molecule has 3 heterocycles. The van der Waals surface area contributed by atoms with Gasteiger partial charge in [-0.2, -0.15) is 0 Å². The van der Waals surface area contributed by atoms with Crippen LogP contribution >= 0.6 is 0 Å². The van der Waals surface area contributed by atoms with Crippen LogP contribution in [-0.2, 0) is 4.79 Å². The number of piperazine rings is 1. The van der Waals surface area contributed by atoms with E-state index in [0.29, 0.717) is 44.9 Å². The Morgan fingerprint density at radius 1 is 1.09 bits per heavy atom. The van der Waals surface area contributed by atoms with Gasteiger partial charge in [0.15, 0.2) is 0 Å². The monoisotopic (exact) mass is 442 g/mol. The highest BCUT2D eigenvalue weighted by atomic mass is 16.5. The number of aromatic nitrogens is 1. The molecule has 0 saturated carbocycles. The van der Waals surface area contributed by atoms with Crippen molar-refractivity contribution in [3.63, 3.8) is 0 Å². The molecular weight excluding hydrogens is 408 g/mol. The molecule has 0 aliphatic carbocycles. The van der Waals surface area contributed by atoms with E-state index < -0.39 is 6.10 Å². The minimum atomic E-state index is -0.478. The predicted molar refractivity (Wildman–Crippen MR) is 123 cm³/mol. The molecule has 0 spiro atoms. The zero-order chi connectivity index (χ0) is 22.8. The zero-order valence-electron chi connectivity index (χ0n) is 19.3. The number of hydrogen-bond acceptors (Lipinski definition) is 5. The van der Waals surface area contributed by atoms with Gasteiger partial charge in [-0.3, -0.25) is 14.5 Å². The molecule has 1 aromatic heterocycles. The van der Waals surface area contributed by atoms with E-state index in [0.717, 1.165) is 41.7 Å². The number of hydrogen-bond donors (Lipinski definition) is 2. The molecule has 2 aromatic rings. The van der Waals surface area contributed by atoms with E-state index in [2.05, 4.69) is 9.88 Å². The average molecular weight is 443 g/mol. The number of nitrogens with zero attached hydrogens (tertiary/aromatic N) is 3. The maximum atomic E-state index is 13.4. The van der Waals surface area contributed by atoms with E-state index in [1.54, 1.807) is 6.92 Å². The molecule has 2 aliphatic heterocycles. The summed E-state index contributed by atoms with van der Waals surface area (Å²) in [5.74, 6) is 0.877. The number of fused-ring (bicyclic) bond motifs is 1. The first kappa shape index (κ1) is 22.6. The van der Waals surface area contributed by atoms with Gasteiger partial charge in [0.1, 0.15) is 11.4 Å². The van der Waals surface area contributed by atoms with Gasteiger partial charge in [-0.1, -0.05) is 0 Å². The predicted octanol–water partition coefficient (Wildman–Crippen LogP) is 2.00. The summed E-state index contributed by atoms with van der Waals surface area (Å²) in [6.45, 7) is 10.2. The van der Waals surface area contributed by atoms with Crippen LogP contribution in [0, 0.1) is 6.92 Å². The average Bonchev–Trinajstić information content (AvgIpc) is 2.98. The fourth-order valence-electron chi connectivity index (χ4n) is 5.00. The van der Waals surface area contributed by atoms with Crippen molar-refractivity contribution >= 4 is 22.7 Å². The standard InChI is InChI=1S/C24H34N4O4/c1-4-32-18-5-6-20-19(15-18)16(2)23(25-20)24(31)28-9-7-21(22(30)8-10-28)27-13-11-26(12-14-27)17(3)29/h5-6,15,21-22,25,30H,4,7-14H2,1-3H3/t21-,22-/m0/s1. The molecule has 8 heteroatoms. The highest BCUT2D eigenvalue weighted by molar-refractivity contribution is 6.01. The Hall–Kier alpha value is -2.58. The molecule has 174 valence electrons. The number of aryl methyl sites for hydroxylation is 1. The summed E-state index contributed by atoms with van der Waals surface area (Å²) < 4.78 is 5.61. The number of H-pyrrole nitrogens is 1. The maximum Gasteiger partial charge on any atom is 0.270 e. The first-order valence-corrected chi connectivity index (χ1v) is 11.6. The van der Waals surface area contributed by atoms with Crippen molar-refractivity contribution in [2.75, 3.05) is 45.9 Å². The molecule has 2 amide bonds. The number of aliphatic hydroxyl groups is 1. The number of carbonyl (C=O) groups is 2. The molecule has 2 fully saturated rings. The van der Waals surface area contributed by atoms with Gasteiger partial charge in [0.05, 0.1) is 12.7 Å². The van der Waals surface area contributed by atoms with Crippen LogP contribution < -0.4 is 4.74 Å². The number of benzene rings is 1. The molecule has 2 saturated heterocycles. The van der Waals surface area contributed by atoms with Gasteiger partial charge in [-0.15, -0.1) is 0 Å². The number of amides is 2. The lowest BCUT2D eigenvalue weighted by Crippen LogP contribution is -2.54. The van der Waals surface area contributed by atoms with Crippen LogP contribution in [0.3, 0.4) is 0 Å². The lowest BCUT2D eigenvalue weighted by molar-refractivity contribution is -0.131. The Labute approximate surface area is 189 Å². The smallest absolute Gasteiger partial charge is 0.270 e. The lowest BCUT2D eigenvalue weighted by atomic mass is 10.0. The van der Waals surface area contributed by atoms with Crippen LogP contribution in [0.5, 0.6) is 5.75 Å². The van der Waals surface area contributed by atoms with Crippen LogP contribution in [0.1, 0.15) is 42.7 Å². The Kier molecular flexibility index (Phi) is 6.71. The van der Waals surface area contributed by atoms with E-state index in [-0.39, 0.29) is 17.9 Å². The van der Waals surface area contributed by atoms with Crippen LogP contribution in [0.25, 0.3) is 10.9 Å². The Morgan fingerprint density at radius 3 is 2.50 bits per heavy atom. The summed E-state index contributed by atoms with van der Waals surface area (Å²) >= 11 is 0. The first-order valence-electron chi connectivity index (χ1n) is 11.6. The minimum absolute atomic E-state index is 0.0134. The minimum Gasteiger partial charge on any atom is -0.494 e. The van der Waals surface area contributed by atoms with Crippen LogP contribution in [-0.4, -0.2) is 94.6 Å². The highest BCUT2D eigenvalue weighted by Crippen LogP contribution is 2.28. The van der Waals surface area contributed by atoms with Crippen LogP contribution in [0.15, 0.2) is 18.2 Å². The number of aliphatic hydroxyl groups excluding tert-OH is 1. The van der Waals surface area contributed by atoms with Crippen LogP contribution in [0.4, 0.5) is 0 Å². The fourth-order valence-corrected chi connectivity index (χ4v) is 5.00. The third-order valence-electron chi connectivity index (χ3n) is 6.90. The quantitative estimate of drug-likeness (QED) is 0.756. The first-order chi connectivity index (χ1) is 15.4. The van der Waals surface area contributed by atoms with Crippen molar-refractivity contribution in [1.82, 2.24) is 19.7 Å². The second-order valence-electron chi connectivity index (χ2n) is 8.81.